The van der Waals surface area contributed by atoms with Crippen molar-refractivity contribution in [2.75, 3.05) is 0 Å². The lowest BCUT2D eigenvalue weighted by molar-refractivity contribution is 0.0956. The molecule has 4 heteroatoms. The van der Waals surface area contributed by atoms with Crippen molar-refractivity contribution in [2.24, 2.45) is 0 Å². The van der Waals surface area contributed by atoms with Gasteiger partial charge in [0.25, 0.3) is 0 Å². The van der Waals surface area contributed by atoms with Crippen molar-refractivity contribution in [1.82, 2.24) is 5.32 Å². The number of phenolic OH excluding ortho intramolecular Hbond substituents is 1. The molecule has 1 rings (SSSR count). The van der Waals surface area contributed by atoms with Gasteiger partial charge in [-0.25, -0.2) is 0 Å². The van der Waals surface area contributed by atoms with Crippen LogP contribution in [-0.4, -0.2) is 21.9 Å². The van der Waals surface area contributed by atoms with Crippen molar-refractivity contribution in [2.45, 2.75) is 39.0 Å². The van der Waals surface area contributed by atoms with Gasteiger partial charge in [0.1, 0.15) is 5.75 Å². The number of rotatable bonds is 4. The van der Waals surface area contributed by atoms with Crippen LogP contribution >= 0.6 is 15.9 Å². The molecule has 1 unspecified atom stereocenters. The molecule has 0 fully saturated rings. The smallest absolute Gasteiger partial charge is 0.115 e. The van der Waals surface area contributed by atoms with Crippen LogP contribution in [0.15, 0.2) is 22.7 Å². The third kappa shape index (κ3) is 3.47. The van der Waals surface area contributed by atoms with Crippen LogP contribution < -0.4 is 5.32 Å². The number of halogens is 1. The van der Waals surface area contributed by atoms with E-state index in [-0.39, 0.29) is 11.3 Å². The van der Waals surface area contributed by atoms with Crippen LogP contribution in [0.4, 0.5) is 0 Å². The quantitative estimate of drug-likeness (QED) is 0.797. The number of hydrogen-bond donors (Lipinski definition) is 3. The van der Waals surface area contributed by atoms with Crippen LogP contribution in [0.2, 0.25) is 0 Å². The van der Waals surface area contributed by atoms with E-state index in [0.717, 1.165) is 10.0 Å². The van der Waals surface area contributed by atoms with Gasteiger partial charge in [-0.15, -0.1) is 0 Å². The Morgan fingerprint density at radius 2 is 2.06 bits per heavy atom. The van der Waals surface area contributed by atoms with Crippen LogP contribution in [0.3, 0.4) is 0 Å². The molecule has 0 saturated heterocycles. The maximum atomic E-state index is 9.56. The molecule has 0 spiro atoms. The fraction of sp³-hybridized carbons (Fsp3) is 0.500. The van der Waals surface area contributed by atoms with Gasteiger partial charge in [-0.3, -0.25) is 0 Å². The molecule has 16 heavy (non-hydrogen) atoms. The second kappa shape index (κ2) is 5.17. The van der Waals surface area contributed by atoms with Crippen molar-refractivity contribution >= 4 is 15.9 Å². The van der Waals surface area contributed by atoms with E-state index in [0.29, 0.717) is 6.54 Å². The molecule has 0 aliphatic carbocycles. The largest absolute Gasteiger partial charge is 0.508 e. The van der Waals surface area contributed by atoms with Crippen LogP contribution in [0.5, 0.6) is 5.75 Å². The normalized spacial score (nSPS) is 13.8. The predicted octanol–water partition coefficient (Wildman–Crippen LogP) is 2.40. The Bertz CT molecular complexity index is 364. The summed E-state index contributed by atoms with van der Waals surface area (Å²) in [5.41, 5.74) is 0.610. The zero-order chi connectivity index (χ0) is 12.3. The van der Waals surface area contributed by atoms with Gasteiger partial charge in [-0.2, -0.15) is 0 Å². The van der Waals surface area contributed by atoms with Gasteiger partial charge in [0.05, 0.1) is 6.10 Å². The average molecular weight is 288 g/mol. The number of hydrogen-bond acceptors (Lipinski definition) is 3. The summed E-state index contributed by atoms with van der Waals surface area (Å²) in [6.45, 7) is 6.22. The number of aliphatic hydroxyl groups excluding tert-OH is 1. The molecular weight excluding hydrogens is 270 g/mol. The minimum Gasteiger partial charge on any atom is -0.508 e. The van der Waals surface area contributed by atoms with Gasteiger partial charge in [-0.05, 0) is 44.5 Å². The Labute approximate surface area is 105 Å². The molecule has 1 atom stereocenters. The zero-order valence-electron chi connectivity index (χ0n) is 9.79. The fourth-order valence-electron chi connectivity index (χ4n) is 1.17. The zero-order valence-corrected chi connectivity index (χ0v) is 11.4. The average Bonchev–Trinajstić information content (AvgIpc) is 2.19. The first kappa shape index (κ1) is 13.5. The molecule has 1 aromatic carbocycles. The summed E-state index contributed by atoms with van der Waals surface area (Å²) >= 11 is 3.42. The summed E-state index contributed by atoms with van der Waals surface area (Å²) in [6.07, 6.45) is -0.441. The molecule has 1 aromatic rings. The molecule has 0 saturated carbocycles. The lowest BCUT2D eigenvalue weighted by Crippen LogP contribution is -2.47. The molecule has 90 valence electrons. The van der Waals surface area contributed by atoms with E-state index in [9.17, 15) is 10.2 Å². The van der Waals surface area contributed by atoms with Crippen molar-refractivity contribution in [3.8, 4) is 5.75 Å². The molecule has 0 heterocycles. The summed E-state index contributed by atoms with van der Waals surface area (Å²) < 4.78 is 0.944. The van der Waals surface area contributed by atoms with Gasteiger partial charge in [0, 0.05) is 16.6 Å². The third-order valence-electron chi connectivity index (χ3n) is 2.81. The fourth-order valence-corrected chi connectivity index (χ4v) is 1.55. The summed E-state index contributed by atoms with van der Waals surface area (Å²) in [5, 5.41) is 22.2. The van der Waals surface area contributed by atoms with Crippen molar-refractivity contribution < 1.29 is 10.2 Å². The summed E-state index contributed by atoms with van der Waals surface area (Å²) in [7, 11) is 0. The summed E-state index contributed by atoms with van der Waals surface area (Å²) in [4.78, 5) is 0. The first-order chi connectivity index (χ1) is 7.33. The number of phenols is 1. The SMILES string of the molecule is CC(O)C(C)(C)NCc1cc(O)ccc1Br. The van der Waals surface area contributed by atoms with Crippen LogP contribution in [0, 0.1) is 0 Å². The molecule has 3 N–H and O–H groups in total. The van der Waals surface area contributed by atoms with Gasteiger partial charge in [0.2, 0.25) is 0 Å². The summed E-state index contributed by atoms with van der Waals surface area (Å²) in [5.74, 6) is 0.245. The van der Waals surface area contributed by atoms with Gasteiger partial charge < -0.3 is 15.5 Å². The Kier molecular flexibility index (Phi) is 4.35. The number of nitrogens with one attached hydrogen (secondary N) is 1. The Morgan fingerprint density at radius 3 is 2.62 bits per heavy atom. The molecule has 0 radical (unpaired) electrons. The molecule has 0 amide bonds. The second-order valence-corrected chi connectivity index (χ2v) is 5.38. The Morgan fingerprint density at radius 1 is 1.44 bits per heavy atom. The van der Waals surface area contributed by atoms with E-state index < -0.39 is 6.10 Å². The Balaban J connectivity index is 2.71. The standard InChI is InChI=1S/C12H18BrNO2/c1-8(15)12(2,3)14-7-9-6-10(16)4-5-11(9)13/h4-6,8,14-16H,7H2,1-3H3. The highest BCUT2D eigenvalue weighted by atomic mass is 79.9. The van der Waals surface area contributed by atoms with Crippen molar-refractivity contribution in [3.63, 3.8) is 0 Å². The summed E-state index contributed by atoms with van der Waals surface area (Å²) in [6, 6.07) is 5.14. The number of benzene rings is 1. The molecule has 0 aliphatic rings. The minimum absolute atomic E-state index is 0.245. The highest BCUT2D eigenvalue weighted by Gasteiger charge is 2.23. The second-order valence-electron chi connectivity index (χ2n) is 4.53. The van der Waals surface area contributed by atoms with E-state index in [1.54, 1.807) is 19.1 Å². The van der Waals surface area contributed by atoms with Crippen molar-refractivity contribution in [1.29, 1.82) is 0 Å². The molecule has 0 aromatic heterocycles. The molecule has 0 bridgehead atoms. The van der Waals surface area contributed by atoms with Crippen LogP contribution in [0.1, 0.15) is 26.3 Å². The Hall–Kier alpha value is -0.580. The number of aromatic hydroxyl groups is 1. The lowest BCUT2D eigenvalue weighted by Gasteiger charge is -2.29. The first-order valence-electron chi connectivity index (χ1n) is 5.23. The minimum atomic E-state index is -0.441. The van der Waals surface area contributed by atoms with E-state index in [4.69, 9.17) is 0 Å². The van der Waals surface area contributed by atoms with Gasteiger partial charge >= 0.3 is 0 Å². The lowest BCUT2D eigenvalue weighted by atomic mass is 9.98. The predicted molar refractivity (Wildman–Crippen MR) is 68.4 cm³/mol. The third-order valence-corrected chi connectivity index (χ3v) is 3.58. The van der Waals surface area contributed by atoms with E-state index >= 15 is 0 Å². The number of aliphatic hydroxyl groups is 1. The molecule has 0 aliphatic heterocycles. The van der Waals surface area contributed by atoms with Crippen molar-refractivity contribution in [3.05, 3.63) is 28.2 Å². The van der Waals surface area contributed by atoms with E-state index in [1.165, 1.54) is 0 Å². The van der Waals surface area contributed by atoms with E-state index in [2.05, 4.69) is 21.2 Å². The first-order valence-corrected chi connectivity index (χ1v) is 6.02. The van der Waals surface area contributed by atoms with Crippen LogP contribution in [-0.2, 0) is 6.54 Å². The van der Waals surface area contributed by atoms with Crippen LogP contribution in [0.25, 0.3) is 0 Å². The maximum absolute atomic E-state index is 9.56. The topological polar surface area (TPSA) is 52.5 Å². The highest BCUT2D eigenvalue weighted by molar-refractivity contribution is 9.10. The van der Waals surface area contributed by atoms with Gasteiger partial charge in [-0.1, -0.05) is 15.9 Å². The highest BCUT2D eigenvalue weighted by Crippen LogP contribution is 2.22. The monoisotopic (exact) mass is 287 g/mol. The maximum Gasteiger partial charge on any atom is 0.115 e. The van der Waals surface area contributed by atoms with Gasteiger partial charge in [0.15, 0.2) is 0 Å². The molecule has 3 nitrogen and oxygen atoms in total. The van der Waals surface area contributed by atoms with E-state index in [1.807, 2.05) is 19.9 Å². The molecular formula is C12H18BrNO2.